The fourth-order valence-electron chi connectivity index (χ4n) is 6.18. The highest BCUT2D eigenvalue weighted by Crippen LogP contribution is 2.25. The normalized spacial score (nSPS) is 20.5. The molecule has 3 aromatic carbocycles. The van der Waals surface area contributed by atoms with E-state index < -0.39 is 27.7 Å². The Morgan fingerprint density at radius 2 is 1.51 bits per heavy atom. The molecule has 0 aliphatic carbocycles. The molecule has 0 N–H and O–H groups in total. The lowest BCUT2D eigenvalue weighted by molar-refractivity contribution is 0.0290. The van der Waals surface area contributed by atoms with Gasteiger partial charge in [0.25, 0.3) is 0 Å². The summed E-state index contributed by atoms with van der Waals surface area (Å²) in [4.78, 5) is 33.5. The van der Waals surface area contributed by atoms with Gasteiger partial charge in [-0.3, -0.25) is 14.7 Å². The molecule has 2 saturated heterocycles. The summed E-state index contributed by atoms with van der Waals surface area (Å²) in [5.41, 5.74) is 3.28. The van der Waals surface area contributed by atoms with Crippen molar-refractivity contribution in [2.75, 3.05) is 49.7 Å². The van der Waals surface area contributed by atoms with Crippen LogP contribution in [0.4, 0.5) is 14.9 Å². The summed E-state index contributed by atoms with van der Waals surface area (Å²) in [6, 6.07) is 22.6. The van der Waals surface area contributed by atoms with Gasteiger partial charge in [0.1, 0.15) is 5.82 Å². The van der Waals surface area contributed by atoms with Crippen molar-refractivity contribution in [2.45, 2.75) is 45.6 Å². The first kappa shape index (κ1) is 32.6. The van der Waals surface area contributed by atoms with E-state index >= 15 is 4.39 Å². The fourth-order valence-corrected chi connectivity index (χ4v) is 7.38. The van der Waals surface area contributed by atoms with Gasteiger partial charge in [-0.15, -0.1) is 0 Å². The Morgan fingerprint density at radius 1 is 0.889 bits per heavy atom. The second-order valence-corrected chi connectivity index (χ2v) is 14.3. The molecule has 45 heavy (non-hydrogen) atoms. The maximum absolute atomic E-state index is 15.1. The lowest BCUT2D eigenvalue weighted by Gasteiger charge is -2.44. The predicted molar refractivity (Wildman–Crippen MR) is 172 cm³/mol. The van der Waals surface area contributed by atoms with E-state index in [9.17, 15) is 18.0 Å². The van der Waals surface area contributed by atoms with Gasteiger partial charge in [-0.2, -0.15) is 0 Å². The third-order valence-corrected chi connectivity index (χ3v) is 10.3. The molecule has 0 radical (unpaired) electrons. The van der Waals surface area contributed by atoms with Gasteiger partial charge in [0.05, 0.1) is 30.7 Å². The van der Waals surface area contributed by atoms with E-state index in [4.69, 9.17) is 4.74 Å². The van der Waals surface area contributed by atoms with E-state index in [-0.39, 0.29) is 42.3 Å². The van der Waals surface area contributed by atoms with Crippen molar-refractivity contribution in [1.82, 2.24) is 14.7 Å². The van der Waals surface area contributed by atoms with Crippen molar-refractivity contribution in [2.24, 2.45) is 0 Å². The van der Waals surface area contributed by atoms with Crippen LogP contribution in [-0.2, 0) is 34.2 Å². The quantitative estimate of drug-likeness (QED) is 0.335. The summed E-state index contributed by atoms with van der Waals surface area (Å²) >= 11 is 0. The number of carbonyl (C=O) groups excluding carboxylic acids is 2. The van der Waals surface area contributed by atoms with Crippen molar-refractivity contribution in [3.05, 3.63) is 101 Å². The molecule has 0 saturated carbocycles. The monoisotopic (exact) mass is 636 g/mol. The summed E-state index contributed by atoms with van der Waals surface area (Å²) in [6.45, 7) is 8.14. The van der Waals surface area contributed by atoms with Crippen molar-refractivity contribution < 1.29 is 27.1 Å². The third kappa shape index (κ3) is 8.08. The highest BCUT2D eigenvalue weighted by molar-refractivity contribution is 7.91. The molecule has 2 heterocycles. The summed E-state index contributed by atoms with van der Waals surface area (Å²) < 4.78 is 43.8. The number of amides is 2. The Morgan fingerprint density at radius 3 is 2.11 bits per heavy atom. The number of esters is 1. The SMILES string of the molecule is COC(=O)c1ccc(CN(C(=O)N2CCS(=O)(=O)CC2)c2ccc(CN3C[C@@H](C)N(Cc4ccccc4)[C@@H](C)C3)cc2)c(F)c1. The Kier molecular flexibility index (Phi) is 10.2. The molecule has 2 amide bonds. The van der Waals surface area contributed by atoms with Gasteiger partial charge < -0.3 is 9.64 Å². The molecule has 2 fully saturated rings. The number of hydrogen-bond donors (Lipinski definition) is 0. The first-order valence-corrected chi connectivity index (χ1v) is 17.1. The Hall–Kier alpha value is -3.80. The maximum Gasteiger partial charge on any atom is 0.337 e. The van der Waals surface area contributed by atoms with Gasteiger partial charge in [-0.25, -0.2) is 22.4 Å². The van der Waals surface area contributed by atoms with Crippen LogP contribution in [0.15, 0.2) is 72.8 Å². The molecule has 240 valence electrons. The molecule has 0 bridgehead atoms. The van der Waals surface area contributed by atoms with Crippen LogP contribution in [0.25, 0.3) is 0 Å². The molecule has 11 heteroatoms. The van der Waals surface area contributed by atoms with Crippen LogP contribution in [0.2, 0.25) is 0 Å². The van der Waals surface area contributed by atoms with Crippen LogP contribution in [0.1, 0.15) is 40.9 Å². The minimum absolute atomic E-state index is 0.0755. The first-order chi connectivity index (χ1) is 21.5. The molecule has 0 aromatic heterocycles. The van der Waals surface area contributed by atoms with E-state index in [1.807, 2.05) is 30.3 Å². The minimum Gasteiger partial charge on any atom is -0.465 e. The lowest BCUT2D eigenvalue weighted by Crippen LogP contribution is -2.55. The van der Waals surface area contributed by atoms with E-state index in [0.29, 0.717) is 17.8 Å². The smallest absolute Gasteiger partial charge is 0.337 e. The molecule has 2 aliphatic rings. The molecule has 5 rings (SSSR count). The van der Waals surface area contributed by atoms with Crippen molar-refractivity contribution in [3.8, 4) is 0 Å². The van der Waals surface area contributed by atoms with Crippen LogP contribution >= 0.6 is 0 Å². The second-order valence-electron chi connectivity index (χ2n) is 12.0. The number of rotatable bonds is 8. The largest absolute Gasteiger partial charge is 0.465 e. The molecule has 9 nitrogen and oxygen atoms in total. The zero-order valence-electron chi connectivity index (χ0n) is 26.1. The number of benzene rings is 3. The Balaban J connectivity index is 1.30. The molecular weight excluding hydrogens is 595 g/mol. The second kappa shape index (κ2) is 14.1. The zero-order valence-corrected chi connectivity index (χ0v) is 26.9. The molecule has 0 unspecified atom stereocenters. The van der Waals surface area contributed by atoms with Crippen LogP contribution < -0.4 is 4.90 Å². The number of methoxy groups -OCH3 is 1. The molecular formula is C34H41FN4O5S. The summed E-state index contributed by atoms with van der Waals surface area (Å²) in [7, 11) is -1.97. The van der Waals surface area contributed by atoms with E-state index in [1.165, 1.54) is 34.6 Å². The topological polar surface area (TPSA) is 90.5 Å². The number of hydrogen-bond acceptors (Lipinski definition) is 7. The van der Waals surface area contributed by atoms with E-state index in [0.717, 1.165) is 37.8 Å². The molecule has 2 aliphatic heterocycles. The molecule has 0 spiro atoms. The lowest BCUT2D eigenvalue weighted by atomic mass is 10.0. The van der Waals surface area contributed by atoms with Gasteiger partial charge in [0.15, 0.2) is 9.84 Å². The zero-order chi connectivity index (χ0) is 32.1. The highest BCUT2D eigenvalue weighted by Gasteiger charge is 2.31. The molecule has 2 atom stereocenters. The van der Waals surface area contributed by atoms with Crippen LogP contribution in [0, 0.1) is 5.82 Å². The van der Waals surface area contributed by atoms with Crippen molar-refractivity contribution in [1.29, 1.82) is 0 Å². The number of anilines is 1. The predicted octanol–water partition coefficient (Wildman–Crippen LogP) is 4.56. The van der Waals surface area contributed by atoms with Gasteiger partial charge >= 0.3 is 12.0 Å². The number of ether oxygens (including phenoxy) is 1. The van der Waals surface area contributed by atoms with E-state index in [1.54, 1.807) is 0 Å². The number of nitrogens with zero attached hydrogens (tertiary/aromatic N) is 4. The van der Waals surface area contributed by atoms with Crippen LogP contribution in [0.5, 0.6) is 0 Å². The summed E-state index contributed by atoms with van der Waals surface area (Å²) in [6.07, 6.45) is 0. The summed E-state index contributed by atoms with van der Waals surface area (Å²) in [5, 5.41) is 0. The van der Waals surface area contributed by atoms with Gasteiger partial charge in [0.2, 0.25) is 0 Å². The summed E-state index contributed by atoms with van der Waals surface area (Å²) in [5.74, 6) is -1.50. The average molecular weight is 637 g/mol. The standard InChI is InChI=1S/C34H41FN4O5S/c1-25-20-36(21-26(2)38(25)23-27-7-5-4-6-8-27)22-28-9-13-31(14-10-28)39(34(41)37-15-17-45(42,43)18-16-37)24-30-12-11-29(19-32(30)35)33(40)44-3/h4-14,19,25-26H,15-18,20-24H2,1-3H3/t25-,26+. The Bertz CT molecular complexity index is 1580. The maximum atomic E-state index is 15.1. The number of sulfone groups is 1. The minimum atomic E-state index is -3.19. The van der Waals surface area contributed by atoms with Gasteiger partial charge in [0, 0.05) is 62.6 Å². The van der Waals surface area contributed by atoms with Gasteiger partial charge in [-0.1, -0.05) is 48.5 Å². The molecule has 3 aromatic rings. The third-order valence-electron chi connectivity index (χ3n) is 8.69. The average Bonchev–Trinajstić information content (AvgIpc) is 3.02. The van der Waals surface area contributed by atoms with E-state index in [2.05, 4.69) is 47.9 Å². The number of urea groups is 1. The van der Waals surface area contributed by atoms with Crippen molar-refractivity contribution >= 4 is 27.5 Å². The van der Waals surface area contributed by atoms with Crippen LogP contribution in [0.3, 0.4) is 0 Å². The number of halogens is 1. The number of piperazine rings is 1. The van der Waals surface area contributed by atoms with Crippen LogP contribution in [-0.4, -0.2) is 92.0 Å². The van der Waals surface area contributed by atoms with Crippen molar-refractivity contribution in [3.63, 3.8) is 0 Å². The Labute approximate surface area is 265 Å². The fraction of sp³-hybridized carbons (Fsp3) is 0.412. The number of carbonyl (C=O) groups is 2. The highest BCUT2D eigenvalue weighted by atomic mass is 32.2. The first-order valence-electron chi connectivity index (χ1n) is 15.3. The van der Waals surface area contributed by atoms with Gasteiger partial charge in [-0.05, 0) is 49.2 Å².